The van der Waals surface area contributed by atoms with E-state index in [0.29, 0.717) is 23.7 Å². The van der Waals surface area contributed by atoms with Gasteiger partial charge in [0.15, 0.2) is 0 Å². The summed E-state index contributed by atoms with van der Waals surface area (Å²) in [6.07, 6.45) is 1.50. The Hall–Kier alpha value is -1.71. The zero-order chi connectivity index (χ0) is 12.4. The summed E-state index contributed by atoms with van der Waals surface area (Å²) in [5, 5.41) is 0. The second kappa shape index (κ2) is 4.65. The second-order valence-corrected chi connectivity index (χ2v) is 4.00. The Morgan fingerprint density at radius 1 is 1.06 bits per heavy atom. The second-order valence-electron chi connectivity index (χ2n) is 4.00. The van der Waals surface area contributed by atoms with Crippen LogP contribution in [0.5, 0.6) is 17.2 Å². The third kappa shape index (κ3) is 1.95. The first-order chi connectivity index (χ1) is 8.21. The molecule has 0 aromatic heterocycles. The van der Waals surface area contributed by atoms with Gasteiger partial charge in [0.1, 0.15) is 23.0 Å². The molecule has 2 rings (SSSR count). The maximum Gasteiger partial charge on any atom is 0.140 e. The summed E-state index contributed by atoms with van der Waals surface area (Å²) in [6.45, 7) is 0. The first kappa shape index (κ1) is 11.8. The van der Waals surface area contributed by atoms with Gasteiger partial charge in [-0.15, -0.1) is 0 Å². The van der Waals surface area contributed by atoms with Crippen molar-refractivity contribution in [1.82, 2.24) is 0 Å². The number of hydrogen-bond acceptors (Lipinski definition) is 4. The van der Waals surface area contributed by atoms with Gasteiger partial charge >= 0.3 is 0 Å². The van der Waals surface area contributed by atoms with Gasteiger partial charge in [0.05, 0.1) is 27.2 Å². The number of ether oxygens (including phenoxy) is 3. The Kier molecular flexibility index (Phi) is 3.22. The maximum atomic E-state index is 11.6. The summed E-state index contributed by atoms with van der Waals surface area (Å²) >= 11 is 0. The van der Waals surface area contributed by atoms with E-state index in [4.69, 9.17) is 14.2 Å². The summed E-state index contributed by atoms with van der Waals surface area (Å²) in [4.78, 5) is 11.6. The lowest BCUT2D eigenvalue weighted by Gasteiger charge is -2.27. The normalized spacial score (nSPS) is 18.5. The van der Waals surface area contributed by atoms with Crippen molar-refractivity contribution in [2.45, 2.75) is 18.8 Å². The van der Waals surface area contributed by atoms with Crippen LogP contribution in [0.3, 0.4) is 0 Å². The minimum absolute atomic E-state index is 0.0918. The summed E-state index contributed by atoms with van der Waals surface area (Å²) in [5.74, 6) is 2.12. The molecule has 1 unspecified atom stereocenters. The van der Waals surface area contributed by atoms with Crippen molar-refractivity contribution in [2.75, 3.05) is 21.3 Å². The Labute approximate surface area is 100 Å². The van der Waals surface area contributed by atoms with Crippen molar-refractivity contribution in [3.63, 3.8) is 0 Å². The molecule has 0 heterocycles. The highest BCUT2D eigenvalue weighted by Gasteiger charge is 2.34. The summed E-state index contributed by atoms with van der Waals surface area (Å²) in [6, 6.07) is 3.56. The largest absolute Gasteiger partial charge is 0.496 e. The molecule has 1 aliphatic rings. The zero-order valence-corrected chi connectivity index (χ0v) is 10.3. The minimum atomic E-state index is -0.0918. The fourth-order valence-corrected chi connectivity index (χ4v) is 2.09. The molecular formula is C13H16O4. The van der Waals surface area contributed by atoms with Gasteiger partial charge in [0, 0.05) is 24.1 Å². The first-order valence-electron chi connectivity index (χ1n) is 5.54. The number of carbonyl (C=O) groups excluding carboxylic acids is 1. The molecule has 1 aromatic rings. The van der Waals surface area contributed by atoms with E-state index in [1.54, 1.807) is 33.5 Å². The highest BCUT2D eigenvalue weighted by atomic mass is 16.5. The molecule has 0 saturated heterocycles. The molecule has 0 N–H and O–H groups in total. The lowest BCUT2D eigenvalue weighted by Crippen LogP contribution is -2.24. The molecule has 1 atom stereocenters. The number of hydrogen-bond donors (Lipinski definition) is 0. The van der Waals surface area contributed by atoms with E-state index in [1.807, 2.05) is 0 Å². The Morgan fingerprint density at radius 2 is 1.65 bits per heavy atom. The van der Waals surface area contributed by atoms with Crippen LogP contribution in [-0.2, 0) is 4.79 Å². The molecule has 4 nitrogen and oxygen atoms in total. The van der Waals surface area contributed by atoms with E-state index in [2.05, 4.69) is 0 Å². The molecule has 4 heteroatoms. The molecule has 1 saturated carbocycles. The number of carbonyl (C=O) groups is 1. The summed E-state index contributed by atoms with van der Waals surface area (Å²) < 4.78 is 15.8. The van der Waals surface area contributed by atoms with E-state index in [-0.39, 0.29) is 11.7 Å². The standard InChI is InChI=1S/C13H16O4/c1-15-8-6-11(16-2)13(12(7-8)17-3)9-4-5-10(9)14/h6-7,9H,4-5H2,1-3H3. The van der Waals surface area contributed by atoms with Crippen LogP contribution < -0.4 is 14.2 Å². The Morgan fingerprint density at radius 3 is 1.94 bits per heavy atom. The van der Waals surface area contributed by atoms with Gasteiger partial charge in [-0.1, -0.05) is 0 Å². The third-order valence-electron chi connectivity index (χ3n) is 3.17. The van der Waals surface area contributed by atoms with Gasteiger partial charge in [0.25, 0.3) is 0 Å². The number of methoxy groups -OCH3 is 3. The van der Waals surface area contributed by atoms with Crippen LogP contribution in [0.15, 0.2) is 12.1 Å². The van der Waals surface area contributed by atoms with Crippen LogP contribution in [0.25, 0.3) is 0 Å². The number of benzene rings is 1. The van der Waals surface area contributed by atoms with E-state index in [0.717, 1.165) is 12.0 Å². The lowest BCUT2D eigenvalue weighted by atomic mass is 9.78. The fraction of sp³-hybridized carbons (Fsp3) is 0.462. The quantitative estimate of drug-likeness (QED) is 0.803. The number of Topliss-reactive ketones (excluding diaryl/α,β-unsaturated/α-hetero) is 1. The van der Waals surface area contributed by atoms with Crippen LogP contribution in [0.2, 0.25) is 0 Å². The molecule has 92 valence electrons. The average Bonchev–Trinajstić information content (AvgIpc) is 2.36. The van der Waals surface area contributed by atoms with Gasteiger partial charge in [-0.05, 0) is 6.42 Å². The Bertz CT molecular complexity index is 414. The van der Waals surface area contributed by atoms with Crippen molar-refractivity contribution in [3.8, 4) is 17.2 Å². The van der Waals surface area contributed by atoms with Crippen molar-refractivity contribution in [3.05, 3.63) is 17.7 Å². The van der Waals surface area contributed by atoms with E-state index in [9.17, 15) is 4.79 Å². The third-order valence-corrected chi connectivity index (χ3v) is 3.17. The molecule has 1 aliphatic carbocycles. The van der Waals surface area contributed by atoms with Crippen LogP contribution >= 0.6 is 0 Å². The fourth-order valence-electron chi connectivity index (χ4n) is 2.09. The molecule has 17 heavy (non-hydrogen) atoms. The van der Waals surface area contributed by atoms with Gasteiger partial charge in [-0.2, -0.15) is 0 Å². The van der Waals surface area contributed by atoms with E-state index >= 15 is 0 Å². The molecule has 0 aliphatic heterocycles. The highest BCUT2D eigenvalue weighted by Crippen LogP contribution is 2.45. The van der Waals surface area contributed by atoms with E-state index in [1.165, 1.54) is 0 Å². The highest BCUT2D eigenvalue weighted by molar-refractivity contribution is 5.92. The van der Waals surface area contributed by atoms with Crippen molar-refractivity contribution in [2.24, 2.45) is 0 Å². The van der Waals surface area contributed by atoms with Gasteiger partial charge in [0.2, 0.25) is 0 Å². The molecule has 1 aromatic carbocycles. The topological polar surface area (TPSA) is 44.8 Å². The van der Waals surface area contributed by atoms with Crippen LogP contribution in [-0.4, -0.2) is 27.1 Å². The maximum absolute atomic E-state index is 11.6. The Balaban J connectivity index is 2.50. The lowest BCUT2D eigenvalue weighted by molar-refractivity contribution is -0.125. The van der Waals surface area contributed by atoms with Crippen molar-refractivity contribution in [1.29, 1.82) is 0 Å². The predicted molar refractivity (Wildman–Crippen MR) is 63.1 cm³/mol. The van der Waals surface area contributed by atoms with E-state index < -0.39 is 0 Å². The van der Waals surface area contributed by atoms with Crippen LogP contribution in [0.1, 0.15) is 24.3 Å². The smallest absolute Gasteiger partial charge is 0.140 e. The average molecular weight is 236 g/mol. The molecule has 0 spiro atoms. The summed E-state index contributed by atoms with van der Waals surface area (Å²) in [5.41, 5.74) is 0.840. The molecule has 1 fully saturated rings. The molecule has 0 bridgehead atoms. The summed E-state index contributed by atoms with van der Waals surface area (Å²) in [7, 11) is 4.75. The van der Waals surface area contributed by atoms with Crippen LogP contribution in [0.4, 0.5) is 0 Å². The van der Waals surface area contributed by atoms with Crippen molar-refractivity contribution < 1.29 is 19.0 Å². The van der Waals surface area contributed by atoms with Gasteiger partial charge < -0.3 is 14.2 Å². The molecule has 0 amide bonds. The van der Waals surface area contributed by atoms with Crippen molar-refractivity contribution >= 4 is 5.78 Å². The van der Waals surface area contributed by atoms with Crippen LogP contribution in [0, 0.1) is 0 Å². The number of ketones is 1. The zero-order valence-electron chi connectivity index (χ0n) is 10.3. The predicted octanol–water partition coefficient (Wildman–Crippen LogP) is 2.16. The first-order valence-corrected chi connectivity index (χ1v) is 5.54. The molecular weight excluding hydrogens is 220 g/mol. The SMILES string of the molecule is COc1cc(OC)c(C2CCC2=O)c(OC)c1. The monoisotopic (exact) mass is 236 g/mol. The molecule has 0 radical (unpaired) electrons. The van der Waals surface area contributed by atoms with Gasteiger partial charge in [-0.3, -0.25) is 4.79 Å². The number of rotatable bonds is 4. The van der Waals surface area contributed by atoms with Gasteiger partial charge in [-0.25, -0.2) is 0 Å². The minimum Gasteiger partial charge on any atom is -0.496 e.